The van der Waals surface area contributed by atoms with Crippen LogP contribution in [-0.4, -0.2) is 26.3 Å². The maximum Gasteiger partial charge on any atom is 0.162 e. The minimum absolute atomic E-state index is 0.120. The normalized spacial score (nSPS) is 19.3. The fraction of sp³-hybridized carbons (Fsp3) is 0.571. The maximum atomic E-state index is 6.33. The summed E-state index contributed by atoms with van der Waals surface area (Å²) in [5.41, 5.74) is 1.15. The summed E-state index contributed by atoms with van der Waals surface area (Å²) >= 11 is 6.33. The highest BCUT2D eigenvalue weighted by Crippen LogP contribution is 2.38. The van der Waals surface area contributed by atoms with Crippen molar-refractivity contribution in [1.29, 1.82) is 0 Å². The molecular weight excluding hydrogens is 250 g/mol. The molecule has 0 aromatic heterocycles. The fourth-order valence-corrected chi connectivity index (χ4v) is 2.60. The molecule has 0 amide bonds. The summed E-state index contributed by atoms with van der Waals surface area (Å²) in [5, 5.41) is 4.12. The molecule has 0 aliphatic carbocycles. The topological polar surface area (TPSA) is 30.5 Å². The third kappa shape index (κ3) is 2.90. The first-order chi connectivity index (χ1) is 8.61. The average Bonchev–Trinajstić information content (AvgIpc) is 2.83. The molecule has 0 saturated carbocycles. The van der Waals surface area contributed by atoms with Crippen molar-refractivity contribution in [3.63, 3.8) is 0 Å². The van der Waals surface area contributed by atoms with Gasteiger partial charge in [0.15, 0.2) is 11.5 Å². The van der Waals surface area contributed by atoms with E-state index in [2.05, 4.69) is 5.32 Å². The third-order valence-corrected chi connectivity index (χ3v) is 3.47. The average molecular weight is 270 g/mol. The van der Waals surface area contributed by atoms with Gasteiger partial charge in [-0.05, 0) is 44.4 Å². The highest BCUT2D eigenvalue weighted by Gasteiger charge is 2.22. The Bertz CT molecular complexity index is 415. The summed E-state index contributed by atoms with van der Waals surface area (Å²) in [6.45, 7) is 6.04. The number of rotatable bonds is 4. The Labute approximate surface area is 113 Å². The smallest absolute Gasteiger partial charge is 0.162 e. The Kier molecular flexibility index (Phi) is 4.36. The predicted molar refractivity (Wildman–Crippen MR) is 74.0 cm³/mol. The number of hydrogen-bond donors (Lipinski definition) is 1. The zero-order chi connectivity index (χ0) is 13.1. The number of methoxy groups -OCH3 is 1. The Morgan fingerprint density at radius 1 is 1.33 bits per heavy atom. The first-order valence-electron chi connectivity index (χ1n) is 6.36. The second kappa shape index (κ2) is 5.81. The maximum absolute atomic E-state index is 6.33. The fourth-order valence-electron chi connectivity index (χ4n) is 2.29. The van der Waals surface area contributed by atoms with Gasteiger partial charge in [-0.2, -0.15) is 0 Å². The summed E-state index contributed by atoms with van der Waals surface area (Å²) in [4.78, 5) is 0. The van der Waals surface area contributed by atoms with Gasteiger partial charge in [0.2, 0.25) is 0 Å². The quantitative estimate of drug-likeness (QED) is 0.910. The lowest BCUT2D eigenvalue weighted by Crippen LogP contribution is -2.10. The number of hydrogen-bond acceptors (Lipinski definition) is 3. The van der Waals surface area contributed by atoms with E-state index in [1.165, 1.54) is 0 Å². The van der Waals surface area contributed by atoms with Crippen LogP contribution in [0.2, 0.25) is 5.02 Å². The van der Waals surface area contributed by atoms with Crippen LogP contribution in [0.15, 0.2) is 12.1 Å². The molecule has 4 heteroatoms. The molecular formula is C14H20ClNO2. The van der Waals surface area contributed by atoms with Crippen LogP contribution in [0.5, 0.6) is 11.5 Å². The third-order valence-electron chi connectivity index (χ3n) is 3.15. The predicted octanol–water partition coefficient (Wildman–Crippen LogP) is 3.21. The zero-order valence-corrected chi connectivity index (χ0v) is 11.9. The molecule has 100 valence electrons. The van der Waals surface area contributed by atoms with Crippen LogP contribution >= 0.6 is 11.6 Å². The Balaban J connectivity index is 2.34. The van der Waals surface area contributed by atoms with E-state index in [1.807, 2.05) is 26.0 Å². The molecule has 3 nitrogen and oxygen atoms in total. The second-order valence-corrected chi connectivity index (χ2v) is 5.29. The van der Waals surface area contributed by atoms with Crippen molar-refractivity contribution in [3.8, 4) is 11.5 Å². The first kappa shape index (κ1) is 13.5. The van der Waals surface area contributed by atoms with Gasteiger partial charge >= 0.3 is 0 Å². The van der Waals surface area contributed by atoms with Crippen LogP contribution < -0.4 is 14.8 Å². The van der Waals surface area contributed by atoms with Crippen molar-refractivity contribution < 1.29 is 9.47 Å². The van der Waals surface area contributed by atoms with Gasteiger partial charge in [-0.15, -0.1) is 0 Å². The van der Waals surface area contributed by atoms with Crippen molar-refractivity contribution in [3.05, 3.63) is 22.7 Å². The van der Waals surface area contributed by atoms with Crippen LogP contribution in [0.4, 0.5) is 0 Å². The van der Waals surface area contributed by atoms with E-state index in [1.54, 1.807) is 7.11 Å². The Morgan fingerprint density at radius 2 is 2.11 bits per heavy atom. The molecule has 1 saturated heterocycles. The Hall–Kier alpha value is -0.930. The van der Waals surface area contributed by atoms with Crippen molar-refractivity contribution >= 4 is 11.6 Å². The number of halogens is 1. The van der Waals surface area contributed by atoms with E-state index in [0.29, 0.717) is 11.7 Å². The van der Waals surface area contributed by atoms with Gasteiger partial charge in [-0.25, -0.2) is 0 Å². The lowest BCUT2D eigenvalue weighted by Gasteiger charge is -2.18. The second-order valence-electron chi connectivity index (χ2n) is 4.88. The van der Waals surface area contributed by atoms with E-state index in [4.69, 9.17) is 21.1 Å². The Morgan fingerprint density at radius 3 is 2.67 bits per heavy atom. The van der Waals surface area contributed by atoms with Crippen molar-refractivity contribution in [2.45, 2.75) is 32.3 Å². The van der Waals surface area contributed by atoms with Crippen LogP contribution in [0.25, 0.3) is 0 Å². The van der Waals surface area contributed by atoms with Gasteiger partial charge in [0, 0.05) is 17.6 Å². The standard InChI is InChI=1S/C14H20ClNO2/c1-9(2)18-14-6-11(10-4-5-16-8-10)12(15)7-13(14)17-3/h6-7,9-10,16H,4-5,8H2,1-3H3. The highest BCUT2D eigenvalue weighted by atomic mass is 35.5. The molecule has 1 aromatic rings. The SMILES string of the molecule is COc1cc(Cl)c(C2CCNC2)cc1OC(C)C. The molecule has 1 aliphatic rings. The molecule has 2 rings (SSSR count). The summed E-state index contributed by atoms with van der Waals surface area (Å²) in [6, 6.07) is 3.88. The molecule has 0 spiro atoms. The molecule has 1 aromatic carbocycles. The molecule has 1 heterocycles. The summed E-state index contributed by atoms with van der Waals surface area (Å²) < 4.78 is 11.1. The molecule has 18 heavy (non-hydrogen) atoms. The lowest BCUT2D eigenvalue weighted by atomic mass is 9.98. The highest BCUT2D eigenvalue weighted by molar-refractivity contribution is 6.31. The van der Waals surface area contributed by atoms with Gasteiger partial charge in [-0.3, -0.25) is 0 Å². The summed E-state index contributed by atoms with van der Waals surface area (Å²) in [7, 11) is 1.63. The van der Waals surface area contributed by atoms with E-state index in [-0.39, 0.29) is 6.10 Å². The van der Waals surface area contributed by atoms with Gasteiger partial charge in [0.05, 0.1) is 13.2 Å². The lowest BCUT2D eigenvalue weighted by molar-refractivity contribution is 0.230. The summed E-state index contributed by atoms with van der Waals surface area (Å²) in [6.07, 6.45) is 1.24. The molecule has 1 N–H and O–H groups in total. The largest absolute Gasteiger partial charge is 0.493 e. The van der Waals surface area contributed by atoms with Crippen LogP contribution in [0.3, 0.4) is 0 Å². The van der Waals surface area contributed by atoms with Crippen molar-refractivity contribution in [2.24, 2.45) is 0 Å². The molecule has 1 atom stereocenters. The van der Waals surface area contributed by atoms with Gasteiger partial charge in [0.1, 0.15) is 0 Å². The minimum atomic E-state index is 0.120. The molecule has 1 fully saturated rings. The van der Waals surface area contributed by atoms with Crippen molar-refractivity contribution in [2.75, 3.05) is 20.2 Å². The van der Waals surface area contributed by atoms with Gasteiger partial charge in [0.25, 0.3) is 0 Å². The van der Waals surface area contributed by atoms with Crippen molar-refractivity contribution in [1.82, 2.24) is 5.32 Å². The number of ether oxygens (including phenoxy) is 2. The van der Waals surface area contributed by atoms with Crippen LogP contribution in [0, 0.1) is 0 Å². The number of benzene rings is 1. The molecule has 0 bridgehead atoms. The van der Waals surface area contributed by atoms with Gasteiger partial charge in [-0.1, -0.05) is 11.6 Å². The number of nitrogens with one attached hydrogen (secondary N) is 1. The summed E-state index contributed by atoms with van der Waals surface area (Å²) in [5.74, 6) is 1.94. The molecule has 1 aliphatic heterocycles. The van der Waals surface area contributed by atoms with E-state index >= 15 is 0 Å². The first-order valence-corrected chi connectivity index (χ1v) is 6.74. The molecule has 0 radical (unpaired) electrons. The zero-order valence-electron chi connectivity index (χ0n) is 11.1. The van der Waals surface area contributed by atoms with E-state index in [0.717, 1.165) is 35.8 Å². The monoisotopic (exact) mass is 269 g/mol. The van der Waals surface area contributed by atoms with E-state index < -0.39 is 0 Å². The molecule has 1 unspecified atom stereocenters. The minimum Gasteiger partial charge on any atom is -0.493 e. The van der Waals surface area contributed by atoms with Gasteiger partial charge < -0.3 is 14.8 Å². The van der Waals surface area contributed by atoms with Crippen LogP contribution in [0.1, 0.15) is 31.7 Å². The van der Waals surface area contributed by atoms with E-state index in [9.17, 15) is 0 Å². The van der Waals surface area contributed by atoms with Crippen LogP contribution in [-0.2, 0) is 0 Å².